The molecule has 6 nitrogen and oxygen atoms in total. The molecular weight excluding hydrogens is 296 g/mol. The van der Waals surface area contributed by atoms with E-state index in [0.29, 0.717) is 12.0 Å². The molecule has 0 spiro atoms. The highest BCUT2D eigenvalue weighted by Gasteiger charge is 2.41. The summed E-state index contributed by atoms with van der Waals surface area (Å²) in [5.41, 5.74) is 0.708. The van der Waals surface area contributed by atoms with Gasteiger partial charge in [-0.2, -0.15) is 0 Å². The number of carbonyl (C=O) groups is 3. The maximum Gasteiger partial charge on any atom is 0.330 e. The summed E-state index contributed by atoms with van der Waals surface area (Å²) in [5, 5.41) is 0. The smallest absolute Gasteiger partial charge is 0.330 e. The molecule has 1 aliphatic carbocycles. The van der Waals surface area contributed by atoms with Crippen molar-refractivity contribution in [3.05, 3.63) is 0 Å². The zero-order valence-electron chi connectivity index (χ0n) is 15.2. The van der Waals surface area contributed by atoms with Crippen LogP contribution in [0.2, 0.25) is 0 Å². The van der Waals surface area contributed by atoms with Crippen LogP contribution in [0.15, 0.2) is 0 Å². The molecule has 0 aliphatic heterocycles. The van der Waals surface area contributed by atoms with Crippen LogP contribution in [0.4, 0.5) is 4.79 Å². The molecule has 0 unspecified atom stereocenters. The van der Waals surface area contributed by atoms with Crippen LogP contribution in [0.3, 0.4) is 0 Å². The van der Waals surface area contributed by atoms with Crippen LogP contribution < -0.4 is 0 Å². The number of ether oxygens (including phenoxy) is 1. The van der Waals surface area contributed by atoms with Gasteiger partial charge >= 0.3 is 6.03 Å². The van der Waals surface area contributed by atoms with E-state index in [0.717, 1.165) is 10.8 Å². The average molecular weight is 326 g/mol. The van der Waals surface area contributed by atoms with Crippen LogP contribution in [0.25, 0.3) is 0 Å². The minimum absolute atomic E-state index is 0.0980. The first-order chi connectivity index (χ1) is 10.8. The second kappa shape index (κ2) is 12.5. The van der Waals surface area contributed by atoms with Crippen LogP contribution >= 0.6 is 0 Å². The first-order valence-corrected chi connectivity index (χ1v) is 7.83. The Balaban J connectivity index is 0. The Bertz CT molecular complexity index is 402. The molecule has 6 heteroatoms. The maximum absolute atomic E-state index is 11.5. The molecule has 0 N–H and O–H groups in total. The van der Waals surface area contributed by atoms with Crippen molar-refractivity contribution in [2.24, 2.45) is 11.3 Å². The van der Waals surface area contributed by atoms with Crippen molar-refractivity contribution in [1.82, 2.24) is 9.80 Å². The fraction of sp³-hybridized carbons (Fsp3) is 0.706. The van der Waals surface area contributed by atoms with Crippen molar-refractivity contribution in [3.63, 3.8) is 0 Å². The van der Waals surface area contributed by atoms with Gasteiger partial charge in [0.15, 0.2) is 6.73 Å². The molecule has 0 bridgehead atoms. The summed E-state index contributed by atoms with van der Waals surface area (Å²) in [6.07, 6.45) is 6.77. The van der Waals surface area contributed by atoms with Gasteiger partial charge < -0.3 is 9.64 Å². The van der Waals surface area contributed by atoms with Crippen molar-refractivity contribution in [2.75, 3.05) is 19.8 Å². The third kappa shape index (κ3) is 9.56. The predicted molar refractivity (Wildman–Crippen MR) is 90.3 cm³/mol. The summed E-state index contributed by atoms with van der Waals surface area (Å²) in [6, 6.07) is -0.590. The summed E-state index contributed by atoms with van der Waals surface area (Å²) in [4.78, 5) is 33.9. The SMILES string of the molecule is C#CCN(CC)C(=O)N(C=O)COC=O.CC.C[C@@H]1CC1(C)C. The van der Waals surface area contributed by atoms with Crippen molar-refractivity contribution >= 4 is 18.9 Å². The van der Waals surface area contributed by atoms with Gasteiger partial charge in [-0.05, 0) is 24.7 Å². The molecule has 0 aromatic rings. The van der Waals surface area contributed by atoms with E-state index in [1.54, 1.807) is 6.92 Å². The number of carbonyl (C=O) groups excluding carboxylic acids is 3. The van der Waals surface area contributed by atoms with Gasteiger partial charge in [-0.15, -0.1) is 6.42 Å². The lowest BCUT2D eigenvalue weighted by Crippen LogP contribution is -2.43. The third-order valence-electron chi connectivity index (χ3n) is 3.60. The second-order valence-corrected chi connectivity index (χ2v) is 5.56. The predicted octanol–water partition coefficient (Wildman–Crippen LogP) is 2.73. The van der Waals surface area contributed by atoms with Gasteiger partial charge in [0.05, 0.1) is 6.54 Å². The molecule has 0 saturated heterocycles. The van der Waals surface area contributed by atoms with E-state index in [2.05, 4.69) is 31.4 Å². The van der Waals surface area contributed by atoms with Gasteiger partial charge in [-0.25, -0.2) is 9.69 Å². The van der Waals surface area contributed by atoms with Gasteiger partial charge in [-0.3, -0.25) is 9.59 Å². The minimum Gasteiger partial charge on any atom is -0.446 e. The largest absolute Gasteiger partial charge is 0.446 e. The molecule has 0 aromatic heterocycles. The Morgan fingerprint density at radius 2 is 1.87 bits per heavy atom. The number of rotatable bonds is 6. The Morgan fingerprint density at radius 3 is 2.13 bits per heavy atom. The zero-order chi connectivity index (χ0) is 18.5. The molecule has 0 heterocycles. The monoisotopic (exact) mass is 326 g/mol. The van der Waals surface area contributed by atoms with Crippen molar-refractivity contribution < 1.29 is 19.1 Å². The number of nitrogens with zero attached hydrogens (tertiary/aromatic N) is 2. The number of hydrogen-bond donors (Lipinski definition) is 0. The number of urea groups is 1. The van der Waals surface area contributed by atoms with E-state index in [4.69, 9.17) is 6.42 Å². The molecule has 3 amide bonds. The number of amides is 3. The maximum atomic E-state index is 11.5. The van der Waals surface area contributed by atoms with Crippen molar-refractivity contribution in [1.29, 1.82) is 0 Å². The number of terminal acetylenes is 1. The summed E-state index contributed by atoms with van der Waals surface area (Å²) in [6.45, 7) is 12.9. The van der Waals surface area contributed by atoms with E-state index in [1.807, 2.05) is 13.8 Å². The Labute approximate surface area is 140 Å². The molecule has 1 saturated carbocycles. The van der Waals surface area contributed by atoms with Gasteiger partial charge in [0.25, 0.3) is 6.47 Å². The van der Waals surface area contributed by atoms with Gasteiger partial charge in [0, 0.05) is 6.54 Å². The van der Waals surface area contributed by atoms with E-state index in [-0.39, 0.29) is 19.4 Å². The van der Waals surface area contributed by atoms with Crippen LogP contribution in [-0.4, -0.2) is 48.5 Å². The molecule has 1 fully saturated rings. The van der Waals surface area contributed by atoms with Crippen LogP contribution in [0.5, 0.6) is 0 Å². The lowest BCUT2D eigenvalue weighted by atomic mass is 10.1. The molecule has 23 heavy (non-hydrogen) atoms. The van der Waals surface area contributed by atoms with Crippen molar-refractivity contribution in [2.45, 2.75) is 48.0 Å². The average Bonchev–Trinajstić information content (AvgIpc) is 3.11. The van der Waals surface area contributed by atoms with E-state index in [1.165, 1.54) is 11.3 Å². The highest BCUT2D eigenvalue weighted by atomic mass is 16.5. The van der Waals surface area contributed by atoms with Gasteiger partial charge in [0.1, 0.15) is 0 Å². The molecule has 1 rings (SSSR count). The van der Waals surface area contributed by atoms with Gasteiger partial charge in [0.2, 0.25) is 6.41 Å². The summed E-state index contributed by atoms with van der Waals surface area (Å²) in [7, 11) is 0. The Morgan fingerprint density at radius 1 is 1.39 bits per heavy atom. The van der Waals surface area contributed by atoms with Crippen LogP contribution in [0.1, 0.15) is 48.0 Å². The number of imide groups is 1. The lowest BCUT2D eigenvalue weighted by Gasteiger charge is -2.23. The minimum atomic E-state index is -0.590. The number of hydrogen-bond acceptors (Lipinski definition) is 4. The first-order valence-electron chi connectivity index (χ1n) is 7.83. The lowest BCUT2D eigenvalue weighted by molar-refractivity contribution is -0.134. The van der Waals surface area contributed by atoms with E-state index in [9.17, 15) is 14.4 Å². The van der Waals surface area contributed by atoms with E-state index >= 15 is 0 Å². The van der Waals surface area contributed by atoms with Crippen LogP contribution in [-0.2, 0) is 14.3 Å². The highest BCUT2D eigenvalue weighted by Crippen LogP contribution is 2.50. The second-order valence-electron chi connectivity index (χ2n) is 5.56. The molecule has 0 radical (unpaired) electrons. The Hall–Kier alpha value is -2.03. The molecule has 1 atom stereocenters. The Kier molecular flexibility index (Phi) is 12.6. The third-order valence-corrected chi connectivity index (χ3v) is 3.60. The summed E-state index contributed by atoms with van der Waals surface area (Å²) in [5.74, 6) is 3.28. The molecule has 132 valence electrons. The summed E-state index contributed by atoms with van der Waals surface area (Å²) >= 11 is 0. The molecule has 1 aliphatic rings. The van der Waals surface area contributed by atoms with Crippen molar-refractivity contribution in [3.8, 4) is 12.3 Å². The zero-order valence-corrected chi connectivity index (χ0v) is 15.2. The fourth-order valence-electron chi connectivity index (χ4n) is 1.58. The van der Waals surface area contributed by atoms with Gasteiger partial charge in [-0.1, -0.05) is 40.5 Å². The molecular formula is C17H30N2O4. The highest BCUT2D eigenvalue weighted by molar-refractivity contribution is 5.84. The summed E-state index contributed by atoms with van der Waals surface area (Å²) < 4.78 is 4.30. The standard InChI is InChI=1S/C9H12N2O4.C6H12.C2H6/c1-3-5-10(4-2)9(14)11(6-12)7-15-8-13;1-5-4-6(5,2)3;1-2/h1,6,8H,4-5,7H2,2H3;5H,4H2,1-3H3;1-2H3/t;5-;/m.1./s1. The topological polar surface area (TPSA) is 66.9 Å². The fourth-order valence-corrected chi connectivity index (χ4v) is 1.58. The van der Waals surface area contributed by atoms with Crippen LogP contribution in [0, 0.1) is 23.7 Å². The van der Waals surface area contributed by atoms with E-state index < -0.39 is 12.8 Å². The first kappa shape index (κ1) is 23.2. The molecule has 0 aromatic carbocycles. The quantitative estimate of drug-likeness (QED) is 0.427. The normalized spacial score (nSPS) is 16.1.